The molecule has 0 spiro atoms. The highest BCUT2D eigenvalue weighted by molar-refractivity contribution is 7.92. The van der Waals surface area contributed by atoms with Gasteiger partial charge in [-0.15, -0.1) is 0 Å². The molecule has 0 unspecified atom stereocenters. The van der Waals surface area contributed by atoms with Crippen LogP contribution in [0, 0.1) is 0 Å². The van der Waals surface area contributed by atoms with Crippen molar-refractivity contribution in [2.45, 2.75) is 4.90 Å². The topological polar surface area (TPSA) is 87.7 Å². The predicted molar refractivity (Wildman–Crippen MR) is 101 cm³/mol. The summed E-state index contributed by atoms with van der Waals surface area (Å²) >= 11 is 0. The van der Waals surface area contributed by atoms with Crippen molar-refractivity contribution in [1.82, 2.24) is 10.2 Å². The summed E-state index contributed by atoms with van der Waals surface area (Å²) in [6.45, 7) is 1.17. The molecule has 0 saturated heterocycles. The Labute approximate surface area is 154 Å². The number of benzene rings is 2. The summed E-state index contributed by atoms with van der Waals surface area (Å²) in [5, 5.41) is 2.97. The number of nitrogens with zero attached hydrogens (tertiary/aromatic N) is 1. The Morgan fingerprint density at radius 3 is 2.58 bits per heavy atom. The molecule has 0 saturated carbocycles. The van der Waals surface area contributed by atoms with Gasteiger partial charge >= 0.3 is 0 Å². The van der Waals surface area contributed by atoms with Gasteiger partial charge in [0.25, 0.3) is 15.9 Å². The van der Waals surface area contributed by atoms with Crippen LogP contribution in [0.4, 0.5) is 5.69 Å². The number of ether oxygens (including phenoxy) is 1. The van der Waals surface area contributed by atoms with Crippen LogP contribution in [0.3, 0.4) is 0 Å². The van der Waals surface area contributed by atoms with E-state index >= 15 is 0 Å². The number of hydrogen-bond acceptors (Lipinski definition) is 5. The van der Waals surface area contributed by atoms with Gasteiger partial charge in [-0.2, -0.15) is 0 Å². The molecule has 140 valence electrons. The van der Waals surface area contributed by atoms with Gasteiger partial charge in [0, 0.05) is 25.7 Å². The summed E-state index contributed by atoms with van der Waals surface area (Å²) in [4.78, 5) is 14.0. The van der Waals surface area contributed by atoms with E-state index in [1.807, 2.05) is 0 Å². The lowest BCUT2D eigenvalue weighted by Crippen LogP contribution is -2.32. The van der Waals surface area contributed by atoms with Crippen LogP contribution >= 0.6 is 0 Å². The molecular weight excluding hydrogens is 354 g/mol. The van der Waals surface area contributed by atoms with Crippen LogP contribution in [-0.4, -0.2) is 53.5 Å². The van der Waals surface area contributed by atoms with Crippen LogP contribution < -0.4 is 14.8 Å². The molecule has 0 atom stereocenters. The second kappa shape index (κ2) is 8.68. The van der Waals surface area contributed by atoms with Gasteiger partial charge in [0.15, 0.2) is 0 Å². The van der Waals surface area contributed by atoms with Gasteiger partial charge in [-0.3, -0.25) is 9.52 Å². The molecule has 2 N–H and O–H groups in total. The maximum atomic E-state index is 12.7. The minimum Gasteiger partial charge on any atom is -0.495 e. The van der Waals surface area contributed by atoms with E-state index in [9.17, 15) is 13.2 Å². The Balaban J connectivity index is 2.26. The lowest BCUT2D eigenvalue weighted by molar-refractivity contribution is 0.0796. The molecule has 0 aliphatic rings. The molecule has 2 aromatic carbocycles. The minimum absolute atomic E-state index is 0.0104. The maximum absolute atomic E-state index is 12.7. The number of nitrogens with one attached hydrogen (secondary N) is 2. The van der Waals surface area contributed by atoms with Crippen molar-refractivity contribution in [3.05, 3.63) is 54.1 Å². The molecule has 0 aliphatic carbocycles. The standard InChI is InChI=1S/C18H23N3O4S/c1-19-11-12-21(2)18(22)14-7-6-8-15(13-14)26(23,24)20-16-9-4-5-10-17(16)25-3/h4-10,13,19-20H,11-12H2,1-3H3. The van der Waals surface area contributed by atoms with E-state index in [4.69, 9.17) is 4.74 Å². The zero-order valence-electron chi connectivity index (χ0n) is 15.0. The van der Waals surface area contributed by atoms with E-state index in [1.165, 1.54) is 24.1 Å². The van der Waals surface area contributed by atoms with Gasteiger partial charge < -0.3 is 15.0 Å². The Morgan fingerprint density at radius 2 is 1.88 bits per heavy atom. The Bertz CT molecular complexity index is 868. The molecule has 8 heteroatoms. The van der Waals surface area contributed by atoms with Crippen LogP contribution in [0.25, 0.3) is 0 Å². The van der Waals surface area contributed by atoms with Crippen LogP contribution in [0.1, 0.15) is 10.4 Å². The molecule has 2 aromatic rings. The Hall–Kier alpha value is -2.58. The highest BCUT2D eigenvalue weighted by atomic mass is 32.2. The fourth-order valence-corrected chi connectivity index (χ4v) is 3.45. The van der Waals surface area contributed by atoms with E-state index < -0.39 is 10.0 Å². The van der Waals surface area contributed by atoms with Gasteiger partial charge in [0.05, 0.1) is 17.7 Å². The first-order valence-electron chi connectivity index (χ1n) is 8.05. The lowest BCUT2D eigenvalue weighted by atomic mass is 10.2. The Morgan fingerprint density at radius 1 is 1.15 bits per heavy atom. The van der Waals surface area contributed by atoms with Gasteiger partial charge in [-0.1, -0.05) is 18.2 Å². The summed E-state index contributed by atoms with van der Waals surface area (Å²) < 4.78 is 33.0. The van der Waals surface area contributed by atoms with E-state index in [1.54, 1.807) is 50.5 Å². The number of carbonyl (C=O) groups excluding carboxylic acids is 1. The van der Waals surface area contributed by atoms with E-state index in [2.05, 4.69) is 10.0 Å². The SMILES string of the molecule is CNCCN(C)C(=O)c1cccc(S(=O)(=O)Nc2ccccc2OC)c1. The van der Waals surface area contributed by atoms with Crippen LogP contribution in [0.5, 0.6) is 5.75 Å². The molecule has 26 heavy (non-hydrogen) atoms. The van der Waals surface area contributed by atoms with Gasteiger partial charge in [-0.25, -0.2) is 8.42 Å². The minimum atomic E-state index is -3.86. The zero-order chi connectivity index (χ0) is 19.2. The van der Waals surface area contributed by atoms with Crippen LogP contribution in [0.15, 0.2) is 53.4 Å². The molecule has 0 heterocycles. The first kappa shape index (κ1) is 19.7. The number of sulfonamides is 1. The highest BCUT2D eigenvalue weighted by Gasteiger charge is 2.19. The molecule has 0 bridgehead atoms. The molecule has 0 radical (unpaired) electrons. The van der Waals surface area contributed by atoms with Gasteiger partial charge in [-0.05, 0) is 37.4 Å². The number of para-hydroxylation sites is 2. The fourth-order valence-electron chi connectivity index (χ4n) is 2.33. The summed E-state index contributed by atoms with van der Waals surface area (Å²) in [7, 11) is 1.08. The first-order chi connectivity index (χ1) is 12.4. The monoisotopic (exact) mass is 377 g/mol. The number of carbonyl (C=O) groups is 1. The number of hydrogen-bond donors (Lipinski definition) is 2. The maximum Gasteiger partial charge on any atom is 0.262 e. The second-order valence-electron chi connectivity index (χ2n) is 5.66. The highest BCUT2D eigenvalue weighted by Crippen LogP contribution is 2.26. The van der Waals surface area contributed by atoms with Crippen molar-refractivity contribution in [3.63, 3.8) is 0 Å². The summed E-state index contributed by atoms with van der Waals surface area (Å²) in [6.07, 6.45) is 0. The van der Waals surface area contributed by atoms with Crippen molar-refractivity contribution in [3.8, 4) is 5.75 Å². The van der Waals surface area contributed by atoms with Crippen molar-refractivity contribution in [1.29, 1.82) is 0 Å². The third kappa shape index (κ3) is 4.74. The molecule has 7 nitrogen and oxygen atoms in total. The van der Waals surface area contributed by atoms with Crippen LogP contribution in [-0.2, 0) is 10.0 Å². The number of likely N-dealkylation sites (N-methyl/N-ethyl adjacent to an activating group) is 2. The molecule has 0 aromatic heterocycles. The summed E-state index contributed by atoms with van der Waals surface area (Å²) in [5.41, 5.74) is 0.643. The van der Waals surface area contributed by atoms with E-state index in [0.29, 0.717) is 30.1 Å². The first-order valence-corrected chi connectivity index (χ1v) is 9.53. The zero-order valence-corrected chi connectivity index (χ0v) is 15.8. The van der Waals surface area contributed by atoms with Gasteiger partial charge in [0.1, 0.15) is 5.75 Å². The normalized spacial score (nSPS) is 11.0. The largest absolute Gasteiger partial charge is 0.495 e. The smallest absolute Gasteiger partial charge is 0.262 e. The number of anilines is 1. The summed E-state index contributed by atoms with van der Waals surface area (Å²) in [6, 6.07) is 12.7. The third-order valence-corrected chi connectivity index (χ3v) is 5.15. The average molecular weight is 377 g/mol. The van der Waals surface area contributed by atoms with Crippen LogP contribution in [0.2, 0.25) is 0 Å². The van der Waals surface area contributed by atoms with Crippen molar-refractivity contribution >= 4 is 21.6 Å². The quantitative estimate of drug-likeness (QED) is 0.732. The number of rotatable bonds is 8. The fraction of sp³-hybridized carbons (Fsp3) is 0.278. The number of methoxy groups -OCH3 is 1. The van der Waals surface area contributed by atoms with E-state index in [-0.39, 0.29) is 10.8 Å². The predicted octanol–water partition coefficient (Wildman–Crippen LogP) is 1.79. The van der Waals surface area contributed by atoms with Crippen molar-refractivity contribution < 1.29 is 17.9 Å². The number of amides is 1. The van der Waals surface area contributed by atoms with Crippen molar-refractivity contribution in [2.24, 2.45) is 0 Å². The third-order valence-electron chi connectivity index (χ3n) is 3.79. The molecule has 2 rings (SSSR count). The lowest BCUT2D eigenvalue weighted by Gasteiger charge is -2.17. The molecule has 1 amide bonds. The van der Waals surface area contributed by atoms with Gasteiger partial charge in [0.2, 0.25) is 0 Å². The molecule has 0 aliphatic heterocycles. The van der Waals surface area contributed by atoms with Crippen molar-refractivity contribution in [2.75, 3.05) is 39.0 Å². The molecule has 0 fully saturated rings. The second-order valence-corrected chi connectivity index (χ2v) is 7.35. The Kier molecular flexibility index (Phi) is 6.59. The summed E-state index contributed by atoms with van der Waals surface area (Å²) in [5.74, 6) is 0.171. The molecular formula is C18H23N3O4S. The van der Waals surface area contributed by atoms with E-state index in [0.717, 1.165) is 0 Å². The average Bonchev–Trinajstić information content (AvgIpc) is 2.65.